The Morgan fingerprint density at radius 3 is 2.75 bits per heavy atom. The van der Waals surface area contributed by atoms with E-state index in [1.807, 2.05) is 13.1 Å². The van der Waals surface area contributed by atoms with Crippen LogP contribution in [0.4, 0.5) is 0 Å². The topological polar surface area (TPSA) is 51.1 Å². The zero-order valence-electron chi connectivity index (χ0n) is 9.49. The summed E-state index contributed by atoms with van der Waals surface area (Å²) in [6.45, 7) is 2.27. The largest absolute Gasteiger partial charge is 0.350 e. The number of aromatic nitrogens is 1. The lowest BCUT2D eigenvalue weighted by Gasteiger charge is -2.10. The van der Waals surface area contributed by atoms with Gasteiger partial charge in [0.25, 0.3) is 5.91 Å². The molecule has 2 unspecified atom stereocenters. The van der Waals surface area contributed by atoms with E-state index in [0.29, 0.717) is 12.2 Å². The summed E-state index contributed by atoms with van der Waals surface area (Å²) >= 11 is 3.31. The minimum Gasteiger partial charge on any atom is -0.350 e. The second kappa shape index (κ2) is 5.63. The number of halogens is 1. The van der Waals surface area contributed by atoms with Crippen LogP contribution in [0.2, 0.25) is 0 Å². The van der Waals surface area contributed by atoms with Gasteiger partial charge < -0.3 is 9.88 Å². The SMILES string of the molecule is CC(CNC(=O)c1cc(Br)cn1C)S(C)=O. The highest BCUT2D eigenvalue weighted by molar-refractivity contribution is 9.10. The fraction of sp³-hybridized carbons (Fsp3) is 0.500. The van der Waals surface area contributed by atoms with Crippen LogP contribution in [0.25, 0.3) is 0 Å². The van der Waals surface area contributed by atoms with Gasteiger partial charge in [0, 0.05) is 46.6 Å². The summed E-state index contributed by atoms with van der Waals surface area (Å²) in [7, 11) is 0.893. The molecule has 0 saturated carbocycles. The standard InChI is InChI=1S/C10H15BrN2O2S/c1-7(16(3)15)5-12-10(14)9-4-8(11)6-13(9)2/h4,6-7H,5H2,1-3H3,(H,12,14). The number of nitrogens with one attached hydrogen (secondary N) is 1. The number of amides is 1. The van der Waals surface area contributed by atoms with Gasteiger partial charge in [-0.15, -0.1) is 0 Å². The third-order valence-corrected chi connectivity index (χ3v) is 4.05. The molecule has 0 radical (unpaired) electrons. The van der Waals surface area contributed by atoms with Gasteiger partial charge in [-0.3, -0.25) is 9.00 Å². The number of carbonyl (C=O) groups is 1. The van der Waals surface area contributed by atoms with Crippen molar-refractivity contribution in [2.24, 2.45) is 7.05 Å². The summed E-state index contributed by atoms with van der Waals surface area (Å²) < 4.78 is 13.7. The molecule has 0 spiro atoms. The quantitative estimate of drug-likeness (QED) is 0.911. The molecule has 0 aliphatic carbocycles. The molecule has 0 bridgehead atoms. The van der Waals surface area contributed by atoms with E-state index in [1.54, 1.807) is 23.9 Å². The van der Waals surface area contributed by atoms with E-state index in [4.69, 9.17) is 0 Å². The van der Waals surface area contributed by atoms with Crippen LogP contribution in [0.15, 0.2) is 16.7 Å². The molecule has 6 heteroatoms. The average Bonchev–Trinajstić information content (AvgIpc) is 2.53. The highest BCUT2D eigenvalue weighted by Crippen LogP contribution is 2.13. The first-order chi connectivity index (χ1) is 7.41. The van der Waals surface area contributed by atoms with Gasteiger partial charge in [-0.25, -0.2) is 0 Å². The molecule has 1 aromatic heterocycles. The van der Waals surface area contributed by atoms with E-state index in [9.17, 15) is 9.00 Å². The number of hydrogen-bond acceptors (Lipinski definition) is 2. The molecule has 0 aromatic carbocycles. The summed E-state index contributed by atoms with van der Waals surface area (Å²) in [6.07, 6.45) is 3.45. The Hall–Kier alpha value is -0.620. The Morgan fingerprint density at radius 1 is 1.69 bits per heavy atom. The molecule has 16 heavy (non-hydrogen) atoms. The van der Waals surface area contributed by atoms with E-state index in [0.717, 1.165) is 4.47 Å². The summed E-state index contributed by atoms with van der Waals surface area (Å²) in [6, 6.07) is 1.75. The first-order valence-electron chi connectivity index (χ1n) is 4.84. The molecule has 0 aliphatic rings. The van der Waals surface area contributed by atoms with Crippen LogP contribution < -0.4 is 5.32 Å². The second-order valence-electron chi connectivity index (χ2n) is 3.67. The number of nitrogens with zero attached hydrogens (tertiary/aromatic N) is 1. The van der Waals surface area contributed by atoms with Gasteiger partial charge in [0.15, 0.2) is 0 Å². The molecule has 1 N–H and O–H groups in total. The first-order valence-corrected chi connectivity index (χ1v) is 7.25. The highest BCUT2D eigenvalue weighted by Gasteiger charge is 2.13. The van der Waals surface area contributed by atoms with E-state index in [-0.39, 0.29) is 11.2 Å². The van der Waals surface area contributed by atoms with Crippen LogP contribution in [0, 0.1) is 0 Å². The van der Waals surface area contributed by atoms with Crippen LogP contribution >= 0.6 is 15.9 Å². The molecule has 0 saturated heterocycles. The normalized spacial score (nSPS) is 14.5. The molecule has 2 atom stereocenters. The monoisotopic (exact) mass is 306 g/mol. The predicted molar refractivity (Wildman–Crippen MR) is 69.0 cm³/mol. The summed E-state index contributed by atoms with van der Waals surface area (Å²) in [4.78, 5) is 11.8. The van der Waals surface area contributed by atoms with Crippen LogP contribution in [-0.2, 0) is 17.8 Å². The number of hydrogen-bond donors (Lipinski definition) is 1. The van der Waals surface area contributed by atoms with Crippen molar-refractivity contribution in [1.29, 1.82) is 0 Å². The number of rotatable bonds is 4. The van der Waals surface area contributed by atoms with Crippen molar-refractivity contribution in [2.45, 2.75) is 12.2 Å². The highest BCUT2D eigenvalue weighted by atomic mass is 79.9. The van der Waals surface area contributed by atoms with Gasteiger partial charge in [0.05, 0.1) is 0 Å². The van der Waals surface area contributed by atoms with Crippen LogP contribution in [0.3, 0.4) is 0 Å². The Morgan fingerprint density at radius 2 is 2.31 bits per heavy atom. The Labute approximate surface area is 106 Å². The van der Waals surface area contributed by atoms with Crippen molar-refractivity contribution in [1.82, 2.24) is 9.88 Å². The molecule has 1 heterocycles. The fourth-order valence-corrected chi connectivity index (χ4v) is 2.04. The van der Waals surface area contributed by atoms with Crippen molar-refractivity contribution in [3.8, 4) is 0 Å². The van der Waals surface area contributed by atoms with Crippen LogP contribution in [-0.4, -0.2) is 32.7 Å². The van der Waals surface area contributed by atoms with Gasteiger partial charge in [-0.05, 0) is 28.9 Å². The zero-order chi connectivity index (χ0) is 12.3. The van der Waals surface area contributed by atoms with Crippen molar-refractivity contribution < 1.29 is 9.00 Å². The Bertz CT molecular complexity index is 417. The second-order valence-corrected chi connectivity index (χ2v) is 6.39. The van der Waals surface area contributed by atoms with Crippen molar-refractivity contribution in [3.05, 3.63) is 22.4 Å². The van der Waals surface area contributed by atoms with E-state index in [1.165, 1.54) is 0 Å². The minimum atomic E-state index is -0.914. The third kappa shape index (κ3) is 3.45. The number of aryl methyl sites for hydroxylation is 1. The molecular formula is C10H15BrN2O2S. The van der Waals surface area contributed by atoms with Gasteiger partial charge >= 0.3 is 0 Å². The zero-order valence-corrected chi connectivity index (χ0v) is 11.9. The van der Waals surface area contributed by atoms with Gasteiger partial charge in [0.2, 0.25) is 0 Å². The van der Waals surface area contributed by atoms with Crippen LogP contribution in [0.1, 0.15) is 17.4 Å². The summed E-state index contributed by atoms with van der Waals surface area (Å²) in [5, 5.41) is 2.73. The lowest BCUT2D eigenvalue weighted by molar-refractivity contribution is 0.0946. The molecule has 1 amide bonds. The maximum absolute atomic E-state index is 11.8. The summed E-state index contributed by atoms with van der Waals surface area (Å²) in [5.74, 6) is -0.148. The Kier molecular flexibility index (Phi) is 4.73. The van der Waals surface area contributed by atoms with Gasteiger partial charge in [0.1, 0.15) is 5.69 Å². The van der Waals surface area contributed by atoms with E-state index < -0.39 is 10.8 Å². The minimum absolute atomic E-state index is 0.0346. The van der Waals surface area contributed by atoms with E-state index >= 15 is 0 Å². The maximum atomic E-state index is 11.8. The molecule has 0 fully saturated rings. The predicted octanol–water partition coefficient (Wildman–Crippen LogP) is 1.28. The van der Waals surface area contributed by atoms with Crippen LogP contribution in [0.5, 0.6) is 0 Å². The fourth-order valence-electron chi connectivity index (χ4n) is 1.19. The summed E-state index contributed by atoms with van der Waals surface area (Å²) in [5.41, 5.74) is 0.584. The third-order valence-electron chi connectivity index (χ3n) is 2.32. The lowest BCUT2D eigenvalue weighted by atomic mass is 10.4. The average molecular weight is 307 g/mol. The van der Waals surface area contributed by atoms with E-state index in [2.05, 4.69) is 21.2 Å². The molecule has 1 rings (SSSR count). The molecular weight excluding hydrogens is 292 g/mol. The maximum Gasteiger partial charge on any atom is 0.267 e. The van der Waals surface area contributed by atoms with Crippen molar-refractivity contribution >= 4 is 32.6 Å². The molecule has 4 nitrogen and oxygen atoms in total. The number of carbonyl (C=O) groups excluding carboxylic acids is 1. The molecule has 90 valence electrons. The van der Waals surface area contributed by atoms with Crippen molar-refractivity contribution in [3.63, 3.8) is 0 Å². The van der Waals surface area contributed by atoms with Crippen molar-refractivity contribution in [2.75, 3.05) is 12.8 Å². The lowest BCUT2D eigenvalue weighted by Crippen LogP contribution is -2.33. The molecule has 0 aliphatic heterocycles. The molecule has 1 aromatic rings. The first kappa shape index (κ1) is 13.4. The van der Waals surface area contributed by atoms with Gasteiger partial charge in [-0.2, -0.15) is 0 Å². The Balaban J connectivity index is 2.60. The smallest absolute Gasteiger partial charge is 0.267 e. The van der Waals surface area contributed by atoms with Gasteiger partial charge in [-0.1, -0.05) is 0 Å².